The normalized spacial score (nSPS) is 11.9. The molecular formula is C21H18N2O5S2. The van der Waals surface area contributed by atoms with Crippen LogP contribution in [0.1, 0.15) is 15.9 Å². The summed E-state index contributed by atoms with van der Waals surface area (Å²) >= 11 is 1.14. The van der Waals surface area contributed by atoms with Crippen molar-refractivity contribution in [2.45, 2.75) is 12.3 Å². The highest BCUT2D eigenvalue weighted by Gasteiger charge is 2.18. The van der Waals surface area contributed by atoms with Crippen molar-refractivity contribution < 1.29 is 22.7 Å². The van der Waals surface area contributed by atoms with Gasteiger partial charge in [0, 0.05) is 0 Å². The molecule has 0 saturated heterocycles. The Morgan fingerprint density at radius 2 is 1.93 bits per heavy atom. The molecule has 154 valence electrons. The number of terminal acetylenes is 1. The number of rotatable bonds is 6. The fraction of sp³-hybridized carbons (Fsp3) is 0.190. The number of amides is 1. The van der Waals surface area contributed by atoms with E-state index in [2.05, 4.69) is 10.9 Å². The summed E-state index contributed by atoms with van der Waals surface area (Å²) < 4.78 is 31.8. The van der Waals surface area contributed by atoms with Gasteiger partial charge in [-0.3, -0.25) is 4.79 Å². The zero-order chi connectivity index (χ0) is 21.7. The second-order valence-electron chi connectivity index (χ2n) is 6.37. The lowest BCUT2D eigenvalue weighted by atomic mass is 10.2. The first-order valence-electron chi connectivity index (χ1n) is 8.80. The first kappa shape index (κ1) is 21.5. The summed E-state index contributed by atoms with van der Waals surface area (Å²) in [5, 5.41) is 0. The fourth-order valence-corrected chi connectivity index (χ4v) is 5.18. The van der Waals surface area contributed by atoms with Crippen molar-refractivity contribution in [3.63, 3.8) is 0 Å². The minimum absolute atomic E-state index is 0.139. The van der Waals surface area contributed by atoms with Gasteiger partial charge in [0.05, 0.1) is 35.2 Å². The largest absolute Gasteiger partial charge is 0.465 e. The van der Waals surface area contributed by atoms with Crippen molar-refractivity contribution in [1.29, 1.82) is 0 Å². The van der Waals surface area contributed by atoms with E-state index in [1.807, 2.05) is 0 Å². The van der Waals surface area contributed by atoms with Crippen molar-refractivity contribution in [3.05, 3.63) is 64.5 Å². The van der Waals surface area contributed by atoms with Crippen molar-refractivity contribution in [3.8, 4) is 12.3 Å². The molecule has 3 rings (SSSR count). The molecule has 0 aliphatic heterocycles. The average Bonchev–Trinajstić information content (AvgIpc) is 3.03. The minimum atomic E-state index is -3.68. The minimum Gasteiger partial charge on any atom is -0.465 e. The molecule has 0 N–H and O–H groups in total. The van der Waals surface area contributed by atoms with Gasteiger partial charge in [-0.05, 0) is 23.8 Å². The smallest absolute Gasteiger partial charge is 0.337 e. The Labute approximate surface area is 177 Å². The van der Waals surface area contributed by atoms with Gasteiger partial charge >= 0.3 is 5.97 Å². The van der Waals surface area contributed by atoms with Crippen LogP contribution in [0.2, 0.25) is 0 Å². The quantitative estimate of drug-likeness (QED) is 0.431. The number of sulfone groups is 1. The zero-order valence-electron chi connectivity index (χ0n) is 16.1. The van der Waals surface area contributed by atoms with Gasteiger partial charge in [-0.25, -0.2) is 13.2 Å². The summed E-state index contributed by atoms with van der Waals surface area (Å²) in [6.45, 7) is 0.139. The van der Waals surface area contributed by atoms with Crippen molar-refractivity contribution in [2.75, 3.05) is 12.9 Å². The van der Waals surface area contributed by atoms with E-state index < -0.39 is 27.5 Å². The molecule has 0 spiro atoms. The lowest BCUT2D eigenvalue weighted by Gasteiger charge is -2.03. The molecule has 7 nitrogen and oxygen atoms in total. The third-order valence-corrected chi connectivity index (χ3v) is 6.65. The summed E-state index contributed by atoms with van der Waals surface area (Å²) in [7, 11) is -2.39. The van der Waals surface area contributed by atoms with Crippen molar-refractivity contribution in [2.24, 2.45) is 4.99 Å². The van der Waals surface area contributed by atoms with Crippen LogP contribution in [0.3, 0.4) is 0 Å². The summed E-state index contributed by atoms with van der Waals surface area (Å²) in [6, 6.07) is 13.5. The molecule has 1 heterocycles. The number of thiazole rings is 1. The number of fused-ring (bicyclic) bond motifs is 1. The number of nitrogens with zero attached hydrogens (tertiary/aromatic N) is 2. The number of hydrogen-bond acceptors (Lipinski definition) is 6. The van der Waals surface area contributed by atoms with E-state index in [1.54, 1.807) is 53.1 Å². The van der Waals surface area contributed by atoms with Crippen LogP contribution in [-0.2, 0) is 31.7 Å². The number of carbonyl (C=O) groups excluding carboxylic acids is 2. The average molecular weight is 443 g/mol. The highest BCUT2D eigenvalue weighted by molar-refractivity contribution is 7.91. The van der Waals surface area contributed by atoms with Crippen LogP contribution < -0.4 is 4.80 Å². The van der Waals surface area contributed by atoms with Crippen LogP contribution in [0.15, 0.2) is 53.5 Å². The molecule has 0 saturated carbocycles. The van der Waals surface area contributed by atoms with Crippen LogP contribution in [0.4, 0.5) is 0 Å². The second kappa shape index (κ2) is 9.07. The maximum Gasteiger partial charge on any atom is 0.337 e. The molecule has 1 aromatic heterocycles. The Kier molecular flexibility index (Phi) is 6.50. The van der Waals surface area contributed by atoms with Crippen molar-refractivity contribution >= 4 is 43.3 Å². The lowest BCUT2D eigenvalue weighted by Crippen LogP contribution is -2.21. The Bertz CT molecular complexity index is 1310. The molecule has 0 bridgehead atoms. The van der Waals surface area contributed by atoms with Gasteiger partial charge in [-0.2, -0.15) is 4.99 Å². The van der Waals surface area contributed by atoms with E-state index >= 15 is 0 Å². The van der Waals surface area contributed by atoms with Crippen LogP contribution in [0, 0.1) is 12.3 Å². The van der Waals surface area contributed by atoms with Gasteiger partial charge in [0.1, 0.15) is 5.75 Å². The summed E-state index contributed by atoms with van der Waals surface area (Å²) in [4.78, 5) is 28.4. The third kappa shape index (κ3) is 5.03. The van der Waals surface area contributed by atoms with Gasteiger partial charge in [0.2, 0.25) is 0 Å². The van der Waals surface area contributed by atoms with Crippen molar-refractivity contribution in [1.82, 2.24) is 4.57 Å². The van der Waals surface area contributed by atoms with E-state index in [-0.39, 0.29) is 17.1 Å². The molecular weight excluding hydrogens is 424 g/mol. The topological polar surface area (TPSA) is 94.8 Å². The number of ether oxygens (including phenoxy) is 1. The Morgan fingerprint density at radius 1 is 1.20 bits per heavy atom. The van der Waals surface area contributed by atoms with Gasteiger partial charge < -0.3 is 9.30 Å². The summed E-state index contributed by atoms with van der Waals surface area (Å²) in [5.41, 5.74) is 1.64. The fourth-order valence-electron chi connectivity index (χ4n) is 2.85. The first-order valence-corrected chi connectivity index (χ1v) is 11.4. The van der Waals surface area contributed by atoms with E-state index in [0.717, 1.165) is 11.3 Å². The Balaban J connectivity index is 1.93. The molecule has 2 aromatic carbocycles. The van der Waals surface area contributed by atoms with Gasteiger partial charge in [0.25, 0.3) is 5.91 Å². The van der Waals surface area contributed by atoms with Gasteiger partial charge in [-0.1, -0.05) is 47.6 Å². The molecule has 0 unspecified atom stereocenters. The monoisotopic (exact) mass is 442 g/mol. The highest BCUT2D eigenvalue weighted by atomic mass is 32.2. The summed E-state index contributed by atoms with van der Waals surface area (Å²) in [5.74, 6) is 0.272. The molecule has 1 amide bonds. The third-order valence-electron chi connectivity index (χ3n) is 4.15. The van der Waals surface area contributed by atoms with Crippen LogP contribution >= 0.6 is 11.3 Å². The molecule has 30 heavy (non-hydrogen) atoms. The standard InChI is InChI=1S/C21H18N2O5S2/c1-3-11-23-17-10-9-16(20(25)28-2)12-18(17)29-21(23)22-19(24)14-30(26,27)13-15-7-5-4-6-8-15/h1,4-10,12H,11,13-14H2,2H3. The maximum absolute atomic E-state index is 12.4. The van der Waals surface area contributed by atoms with E-state index in [9.17, 15) is 18.0 Å². The Morgan fingerprint density at radius 3 is 2.60 bits per heavy atom. The molecule has 0 radical (unpaired) electrons. The number of benzene rings is 2. The highest BCUT2D eigenvalue weighted by Crippen LogP contribution is 2.20. The number of hydrogen-bond donors (Lipinski definition) is 0. The number of esters is 1. The van der Waals surface area contributed by atoms with E-state index in [1.165, 1.54) is 7.11 Å². The predicted octanol–water partition coefficient (Wildman–Crippen LogP) is 2.16. The molecule has 0 atom stereocenters. The second-order valence-corrected chi connectivity index (χ2v) is 9.45. The molecule has 0 aliphatic carbocycles. The molecule has 0 fully saturated rings. The number of methoxy groups -OCH3 is 1. The lowest BCUT2D eigenvalue weighted by molar-refractivity contribution is -0.115. The SMILES string of the molecule is C#CCn1c(=NC(=O)CS(=O)(=O)Cc2ccccc2)sc2cc(C(=O)OC)ccc21. The molecule has 9 heteroatoms. The first-order chi connectivity index (χ1) is 14.3. The van der Waals surface area contributed by atoms with Crippen LogP contribution in [0.25, 0.3) is 10.2 Å². The van der Waals surface area contributed by atoms with Crippen LogP contribution in [0.5, 0.6) is 0 Å². The van der Waals surface area contributed by atoms with E-state index in [0.29, 0.717) is 21.3 Å². The molecule has 3 aromatic rings. The summed E-state index contributed by atoms with van der Waals surface area (Å²) in [6.07, 6.45) is 5.44. The van der Waals surface area contributed by atoms with Gasteiger partial charge in [0.15, 0.2) is 14.6 Å². The number of aromatic nitrogens is 1. The number of carbonyl (C=O) groups is 2. The zero-order valence-corrected chi connectivity index (χ0v) is 17.7. The maximum atomic E-state index is 12.4. The molecule has 0 aliphatic rings. The predicted molar refractivity (Wildman–Crippen MR) is 114 cm³/mol. The Hall–Kier alpha value is -3.22. The van der Waals surface area contributed by atoms with E-state index in [4.69, 9.17) is 11.2 Å². The van der Waals surface area contributed by atoms with Gasteiger partial charge in [-0.15, -0.1) is 6.42 Å². The van der Waals surface area contributed by atoms with Crippen LogP contribution in [-0.4, -0.2) is 37.7 Å².